The number of hydrogen-bond donors (Lipinski definition) is 1. The van der Waals surface area contributed by atoms with E-state index < -0.39 is 11.9 Å². The van der Waals surface area contributed by atoms with Crippen LogP contribution in [0.5, 0.6) is 5.75 Å². The van der Waals surface area contributed by atoms with Gasteiger partial charge in [0, 0.05) is 18.5 Å². The number of aromatic nitrogens is 2. The Balaban J connectivity index is 0.000000202. The summed E-state index contributed by atoms with van der Waals surface area (Å²) >= 11 is 0. The summed E-state index contributed by atoms with van der Waals surface area (Å²) in [4.78, 5) is 17.3. The minimum Gasteiger partial charge on any atom is -0.409 e. The van der Waals surface area contributed by atoms with Crippen molar-refractivity contribution >= 4 is 6.09 Å². The Hall–Kier alpha value is -2.50. The standard InChI is InChI=1S/C6H5FN2O2.C5H5N/c7-4-1-5(3-9-2-4)11-6(8)10;1-2-4-6-5-3-1/h1-3H,(H2,8,10);1-5H. The molecule has 2 aromatic rings. The molecule has 88 valence electrons. The van der Waals surface area contributed by atoms with Gasteiger partial charge < -0.3 is 10.5 Å². The third-order valence-electron chi connectivity index (χ3n) is 1.46. The van der Waals surface area contributed by atoms with Crippen molar-refractivity contribution in [1.29, 1.82) is 0 Å². The van der Waals surface area contributed by atoms with Crippen molar-refractivity contribution in [2.75, 3.05) is 0 Å². The van der Waals surface area contributed by atoms with Gasteiger partial charge in [-0.2, -0.15) is 0 Å². The first-order chi connectivity index (χ1) is 8.18. The summed E-state index contributed by atoms with van der Waals surface area (Å²) in [5.74, 6) is -0.582. The van der Waals surface area contributed by atoms with E-state index >= 15 is 0 Å². The van der Waals surface area contributed by atoms with Gasteiger partial charge in [0.2, 0.25) is 0 Å². The summed E-state index contributed by atoms with van der Waals surface area (Å²) in [6, 6.07) is 6.73. The van der Waals surface area contributed by atoms with Crippen LogP contribution in [0.3, 0.4) is 0 Å². The van der Waals surface area contributed by atoms with Crippen molar-refractivity contribution in [3.05, 3.63) is 54.9 Å². The van der Waals surface area contributed by atoms with Gasteiger partial charge in [-0.1, -0.05) is 6.07 Å². The van der Waals surface area contributed by atoms with Crippen LogP contribution in [-0.4, -0.2) is 16.1 Å². The average molecular weight is 235 g/mol. The molecule has 1 amide bonds. The van der Waals surface area contributed by atoms with E-state index in [9.17, 15) is 9.18 Å². The summed E-state index contributed by atoms with van der Waals surface area (Å²) in [6.07, 6.45) is 4.69. The molecule has 0 fully saturated rings. The highest BCUT2D eigenvalue weighted by molar-refractivity contribution is 5.67. The summed E-state index contributed by atoms with van der Waals surface area (Å²) in [6.45, 7) is 0. The van der Waals surface area contributed by atoms with Crippen molar-refractivity contribution in [1.82, 2.24) is 9.97 Å². The van der Waals surface area contributed by atoms with Gasteiger partial charge >= 0.3 is 6.09 Å². The van der Waals surface area contributed by atoms with Gasteiger partial charge in [0.25, 0.3) is 0 Å². The van der Waals surface area contributed by atoms with E-state index in [2.05, 4.69) is 20.4 Å². The lowest BCUT2D eigenvalue weighted by atomic mass is 10.4. The summed E-state index contributed by atoms with van der Waals surface area (Å²) in [5.41, 5.74) is 4.66. The van der Waals surface area contributed by atoms with E-state index in [1.54, 1.807) is 12.4 Å². The zero-order valence-corrected chi connectivity index (χ0v) is 8.79. The lowest BCUT2D eigenvalue weighted by molar-refractivity contribution is 0.210. The number of halogens is 1. The van der Waals surface area contributed by atoms with Gasteiger partial charge in [-0.15, -0.1) is 0 Å². The van der Waals surface area contributed by atoms with Crippen LogP contribution in [-0.2, 0) is 0 Å². The highest BCUT2D eigenvalue weighted by atomic mass is 19.1. The molecular formula is C11H10FN3O2. The second-order valence-electron chi connectivity index (χ2n) is 2.78. The Morgan fingerprint density at radius 1 is 1.18 bits per heavy atom. The molecule has 0 bridgehead atoms. The first kappa shape index (κ1) is 12.6. The monoisotopic (exact) mass is 235 g/mol. The fourth-order valence-electron chi connectivity index (χ4n) is 0.877. The van der Waals surface area contributed by atoms with Gasteiger partial charge in [-0.3, -0.25) is 9.97 Å². The molecule has 2 heterocycles. The Morgan fingerprint density at radius 2 is 1.88 bits per heavy atom. The van der Waals surface area contributed by atoms with Gasteiger partial charge in [-0.25, -0.2) is 9.18 Å². The number of carbonyl (C=O) groups excluding carboxylic acids is 1. The van der Waals surface area contributed by atoms with Gasteiger partial charge in [0.1, 0.15) is 5.82 Å². The zero-order chi connectivity index (χ0) is 12.5. The maximum Gasteiger partial charge on any atom is 0.410 e. The Kier molecular flexibility index (Phi) is 5.09. The van der Waals surface area contributed by atoms with Gasteiger partial charge in [0.05, 0.1) is 12.4 Å². The molecular weight excluding hydrogens is 225 g/mol. The molecule has 0 radical (unpaired) electrons. The third-order valence-corrected chi connectivity index (χ3v) is 1.46. The lowest BCUT2D eigenvalue weighted by Gasteiger charge is -1.97. The second-order valence-corrected chi connectivity index (χ2v) is 2.78. The SMILES string of the molecule is NC(=O)Oc1cncc(F)c1.c1ccncc1. The predicted octanol–water partition coefficient (Wildman–Crippen LogP) is 1.76. The quantitative estimate of drug-likeness (QED) is 0.816. The van der Waals surface area contributed by atoms with E-state index in [4.69, 9.17) is 0 Å². The maximum atomic E-state index is 12.3. The van der Waals surface area contributed by atoms with Crippen LogP contribution in [0.2, 0.25) is 0 Å². The zero-order valence-electron chi connectivity index (χ0n) is 8.79. The largest absolute Gasteiger partial charge is 0.410 e. The Labute approximate surface area is 97.1 Å². The predicted molar refractivity (Wildman–Crippen MR) is 58.6 cm³/mol. The summed E-state index contributed by atoms with van der Waals surface area (Å²) in [7, 11) is 0. The van der Waals surface area contributed by atoms with Crippen LogP contribution in [0.1, 0.15) is 0 Å². The first-order valence-corrected chi connectivity index (χ1v) is 4.61. The Bertz CT molecular complexity index is 439. The molecule has 0 spiro atoms. The molecule has 0 aromatic carbocycles. The minimum atomic E-state index is -0.989. The van der Waals surface area contributed by atoms with Crippen molar-refractivity contribution in [2.24, 2.45) is 5.73 Å². The van der Waals surface area contributed by atoms with E-state index in [1.165, 1.54) is 6.20 Å². The molecule has 17 heavy (non-hydrogen) atoms. The highest BCUT2D eigenvalue weighted by Crippen LogP contribution is 2.08. The average Bonchev–Trinajstić information content (AvgIpc) is 2.31. The number of nitrogens with two attached hydrogens (primary N) is 1. The highest BCUT2D eigenvalue weighted by Gasteiger charge is 1.99. The fourth-order valence-corrected chi connectivity index (χ4v) is 0.877. The van der Waals surface area contributed by atoms with Gasteiger partial charge in [-0.05, 0) is 12.1 Å². The van der Waals surface area contributed by atoms with Crippen molar-refractivity contribution in [3.63, 3.8) is 0 Å². The number of hydrogen-bond acceptors (Lipinski definition) is 4. The first-order valence-electron chi connectivity index (χ1n) is 4.61. The number of pyridine rings is 2. The number of nitrogens with zero attached hydrogens (tertiary/aromatic N) is 2. The number of ether oxygens (including phenoxy) is 1. The fraction of sp³-hybridized carbons (Fsp3) is 0. The van der Waals surface area contributed by atoms with E-state index in [0.29, 0.717) is 0 Å². The molecule has 0 unspecified atom stereocenters. The van der Waals surface area contributed by atoms with E-state index in [1.807, 2.05) is 18.2 Å². The normalized spacial score (nSPS) is 8.76. The van der Waals surface area contributed by atoms with Crippen LogP contribution < -0.4 is 10.5 Å². The molecule has 6 heteroatoms. The molecule has 2 rings (SSSR count). The molecule has 5 nitrogen and oxygen atoms in total. The summed E-state index contributed by atoms with van der Waals surface area (Å²) in [5, 5.41) is 0. The van der Waals surface area contributed by atoms with Crippen LogP contribution in [0, 0.1) is 5.82 Å². The molecule has 0 atom stereocenters. The maximum absolute atomic E-state index is 12.3. The third kappa shape index (κ3) is 5.83. The molecule has 2 aromatic heterocycles. The van der Waals surface area contributed by atoms with Crippen molar-refractivity contribution in [3.8, 4) is 5.75 Å². The minimum absolute atomic E-state index is 0.00231. The molecule has 0 aliphatic carbocycles. The lowest BCUT2D eigenvalue weighted by Crippen LogP contribution is -2.16. The van der Waals surface area contributed by atoms with Crippen LogP contribution in [0.4, 0.5) is 9.18 Å². The molecule has 0 saturated carbocycles. The molecule has 0 aliphatic rings. The number of rotatable bonds is 1. The molecule has 0 aliphatic heterocycles. The number of carbonyl (C=O) groups is 1. The van der Waals surface area contributed by atoms with Crippen LogP contribution in [0.15, 0.2) is 49.1 Å². The van der Waals surface area contributed by atoms with Crippen LogP contribution in [0.25, 0.3) is 0 Å². The van der Waals surface area contributed by atoms with Crippen LogP contribution >= 0.6 is 0 Å². The second kappa shape index (κ2) is 6.89. The van der Waals surface area contributed by atoms with Gasteiger partial charge in [0.15, 0.2) is 5.75 Å². The van der Waals surface area contributed by atoms with E-state index in [-0.39, 0.29) is 5.75 Å². The summed E-state index contributed by atoms with van der Waals surface area (Å²) < 4.78 is 16.7. The van der Waals surface area contributed by atoms with Crippen molar-refractivity contribution < 1.29 is 13.9 Å². The molecule has 0 saturated heterocycles. The number of primary amides is 1. The molecule has 2 N–H and O–H groups in total. The van der Waals surface area contributed by atoms with Crippen molar-refractivity contribution in [2.45, 2.75) is 0 Å². The smallest absolute Gasteiger partial charge is 0.409 e. The number of amides is 1. The topological polar surface area (TPSA) is 78.1 Å². The Morgan fingerprint density at radius 3 is 2.29 bits per heavy atom. The van der Waals surface area contributed by atoms with E-state index in [0.717, 1.165) is 12.3 Å².